The first kappa shape index (κ1) is 33.9. The van der Waals surface area contributed by atoms with E-state index in [1.54, 1.807) is 24.4 Å². The number of nitrogens with zero attached hydrogens (tertiary/aromatic N) is 4. The third-order valence-corrected chi connectivity index (χ3v) is 13.7. The van der Waals surface area contributed by atoms with Gasteiger partial charge < -0.3 is 29.7 Å². The molecular weight excluding hydrogens is 650 g/mol. The van der Waals surface area contributed by atoms with Crippen molar-refractivity contribution in [2.24, 2.45) is 17.8 Å². The third kappa shape index (κ3) is 6.22. The lowest BCUT2D eigenvalue weighted by Crippen LogP contribution is -2.58. The van der Waals surface area contributed by atoms with Gasteiger partial charge in [0.25, 0.3) is 0 Å². The minimum atomic E-state index is -3.53. The van der Waals surface area contributed by atoms with Crippen LogP contribution in [0.2, 0.25) is 0 Å². The Morgan fingerprint density at radius 1 is 1.08 bits per heavy atom. The van der Waals surface area contributed by atoms with Crippen LogP contribution in [0.5, 0.6) is 0 Å². The lowest BCUT2D eigenvalue weighted by molar-refractivity contribution is 0.0457. The summed E-state index contributed by atoms with van der Waals surface area (Å²) in [4.78, 5) is 21.6. The summed E-state index contributed by atoms with van der Waals surface area (Å²) in [6.45, 7) is 6.83. The van der Waals surface area contributed by atoms with Crippen molar-refractivity contribution in [2.75, 3.05) is 57.8 Å². The maximum atomic E-state index is 15.1. The van der Waals surface area contributed by atoms with Gasteiger partial charge in [-0.15, -0.1) is 0 Å². The van der Waals surface area contributed by atoms with Crippen molar-refractivity contribution in [2.45, 2.75) is 60.8 Å². The Labute approximate surface area is 287 Å². The Morgan fingerprint density at radius 2 is 1.86 bits per heavy atom. The van der Waals surface area contributed by atoms with Gasteiger partial charge in [-0.2, -0.15) is 0 Å². The fourth-order valence-corrected chi connectivity index (χ4v) is 10.6. The van der Waals surface area contributed by atoms with Crippen LogP contribution in [0.15, 0.2) is 59.8 Å². The number of ether oxygens (including phenoxy) is 1. The molecular formula is C36H46F2N6O4S. The Hall–Kier alpha value is -3.55. The summed E-state index contributed by atoms with van der Waals surface area (Å²) in [6.07, 6.45) is 7.76. The van der Waals surface area contributed by atoms with E-state index < -0.39 is 32.5 Å². The topological polar surface area (TPSA) is 109 Å². The molecule has 1 unspecified atom stereocenters. The number of rotatable bonds is 10. The van der Waals surface area contributed by atoms with Gasteiger partial charge in [-0.3, -0.25) is 0 Å². The molecule has 2 N–H and O–H groups in total. The number of piperidine rings is 1. The van der Waals surface area contributed by atoms with Crippen LogP contribution in [0.4, 0.5) is 19.3 Å². The molecule has 3 atom stereocenters. The first-order chi connectivity index (χ1) is 23.6. The van der Waals surface area contributed by atoms with E-state index in [2.05, 4.69) is 25.1 Å². The van der Waals surface area contributed by atoms with Gasteiger partial charge in [-0.25, -0.2) is 27.0 Å². The number of nitrogens with one attached hydrogen (secondary N) is 2. The number of imidazole rings is 1. The molecule has 264 valence electrons. The standard InChI is InChI=1S/C36H46F2N6O4S/c1-24-40-13-16-44(24)36(27-5-3-6-28(37)17-27,31-7-4-8-33(31)41-35(45)48-2)26-11-14-42(15-12-26)21-25-22-43(23-25)34-10-9-29(18-32(34)38)49(46,47)30-19-39-20-30/h3,5-6,9-10,13,16-18,25-26,30-31,33,39H,4,7-8,11-12,14-15,19-23H2,1-2H3,(H,41,45)/t31-,33-,36?/m0/s1. The fourth-order valence-electron chi connectivity index (χ4n) is 9.04. The summed E-state index contributed by atoms with van der Waals surface area (Å²) in [5.41, 5.74) is 0.717. The van der Waals surface area contributed by atoms with Crippen LogP contribution in [0.25, 0.3) is 0 Å². The van der Waals surface area contributed by atoms with E-state index >= 15 is 8.78 Å². The van der Waals surface area contributed by atoms with Crippen LogP contribution in [-0.2, 0) is 20.1 Å². The highest BCUT2D eigenvalue weighted by molar-refractivity contribution is 7.92. The van der Waals surface area contributed by atoms with Gasteiger partial charge in [0.1, 0.15) is 17.5 Å². The SMILES string of the molecule is COC(=O)N[C@H]1CCC[C@@H]1C(c1cccc(F)c1)(C1CCN(CC2CN(c3ccc(S(=O)(=O)C4CNC4)cc3F)C2)CC1)n1ccnc1C. The van der Waals surface area contributed by atoms with Gasteiger partial charge in [-0.1, -0.05) is 18.6 Å². The maximum absolute atomic E-state index is 15.1. The molecule has 3 aliphatic heterocycles. The first-order valence-electron chi connectivity index (χ1n) is 17.4. The van der Waals surface area contributed by atoms with Crippen molar-refractivity contribution in [1.82, 2.24) is 25.1 Å². The quantitative estimate of drug-likeness (QED) is 0.323. The highest BCUT2D eigenvalue weighted by Crippen LogP contribution is 2.52. The summed E-state index contributed by atoms with van der Waals surface area (Å²) >= 11 is 0. The van der Waals surface area contributed by atoms with Crippen molar-refractivity contribution < 1.29 is 26.7 Å². The monoisotopic (exact) mass is 696 g/mol. The normalized spacial score (nSPS) is 23.9. The molecule has 0 spiro atoms. The molecule has 10 nitrogen and oxygen atoms in total. The molecule has 13 heteroatoms. The Balaban J connectivity index is 1.07. The molecule has 2 aromatic carbocycles. The Bertz CT molecular complexity index is 1770. The van der Waals surface area contributed by atoms with E-state index in [9.17, 15) is 13.2 Å². The molecule has 4 heterocycles. The second kappa shape index (κ2) is 13.6. The number of carbonyl (C=O) groups excluding carboxylic acids is 1. The van der Waals surface area contributed by atoms with E-state index in [1.165, 1.54) is 25.3 Å². The van der Waals surface area contributed by atoms with Crippen LogP contribution in [0.1, 0.15) is 43.5 Å². The van der Waals surface area contributed by atoms with Gasteiger partial charge in [0.15, 0.2) is 9.84 Å². The van der Waals surface area contributed by atoms with Crippen LogP contribution in [0, 0.1) is 36.3 Å². The second-order valence-electron chi connectivity index (χ2n) is 14.2. The zero-order chi connectivity index (χ0) is 34.3. The molecule has 1 amide bonds. The first-order valence-corrected chi connectivity index (χ1v) is 19.0. The molecule has 1 saturated carbocycles. The number of amides is 1. The Kier molecular flexibility index (Phi) is 9.44. The molecule has 4 aliphatic rings. The zero-order valence-electron chi connectivity index (χ0n) is 28.2. The number of anilines is 1. The zero-order valence-corrected chi connectivity index (χ0v) is 29.0. The van der Waals surface area contributed by atoms with Crippen molar-refractivity contribution in [3.63, 3.8) is 0 Å². The molecule has 1 aliphatic carbocycles. The number of methoxy groups -OCH3 is 1. The molecule has 49 heavy (non-hydrogen) atoms. The van der Waals surface area contributed by atoms with Crippen LogP contribution in [0.3, 0.4) is 0 Å². The Morgan fingerprint density at radius 3 is 2.49 bits per heavy atom. The predicted octanol–water partition coefficient (Wildman–Crippen LogP) is 4.33. The average Bonchev–Trinajstić information content (AvgIpc) is 3.68. The third-order valence-electron chi connectivity index (χ3n) is 11.5. The van der Waals surface area contributed by atoms with E-state index in [0.29, 0.717) is 37.8 Å². The fraction of sp³-hybridized carbons (Fsp3) is 0.556. The van der Waals surface area contributed by atoms with Gasteiger partial charge in [0.2, 0.25) is 0 Å². The summed E-state index contributed by atoms with van der Waals surface area (Å²) in [5, 5.41) is 5.59. The summed E-state index contributed by atoms with van der Waals surface area (Å²) in [5.74, 6) is 0.588. The predicted molar refractivity (Wildman–Crippen MR) is 182 cm³/mol. The number of halogens is 2. The van der Waals surface area contributed by atoms with Gasteiger partial charge in [0.05, 0.1) is 28.5 Å². The molecule has 0 bridgehead atoms. The average molecular weight is 697 g/mol. The van der Waals surface area contributed by atoms with Crippen LogP contribution >= 0.6 is 0 Å². The molecule has 1 aromatic heterocycles. The smallest absolute Gasteiger partial charge is 0.407 e. The van der Waals surface area contributed by atoms with Gasteiger partial charge in [0, 0.05) is 63.0 Å². The molecule has 3 saturated heterocycles. The highest BCUT2D eigenvalue weighted by Gasteiger charge is 2.54. The number of aromatic nitrogens is 2. The minimum absolute atomic E-state index is 0.000279. The number of sulfone groups is 1. The largest absolute Gasteiger partial charge is 0.453 e. The number of likely N-dealkylation sites (tertiary alicyclic amines) is 1. The highest BCUT2D eigenvalue weighted by atomic mass is 32.2. The van der Waals surface area contributed by atoms with Crippen molar-refractivity contribution >= 4 is 21.6 Å². The van der Waals surface area contributed by atoms with E-state index in [4.69, 9.17) is 4.74 Å². The molecule has 4 fully saturated rings. The van der Waals surface area contributed by atoms with E-state index in [-0.39, 0.29) is 28.6 Å². The van der Waals surface area contributed by atoms with Gasteiger partial charge in [-0.05, 0) is 87.5 Å². The number of aryl methyl sites for hydroxylation is 1. The van der Waals surface area contributed by atoms with E-state index in [1.807, 2.05) is 24.1 Å². The van der Waals surface area contributed by atoms with Crippen LogP contribution < -0.4 is 15.5 Å². The lowest BCUT2D eigenvalue weighted by atomic mass is 9.64. The summed E-state index contributed by atoms with van der Waals surface area (Å²) in [6, 6.07) is 11.1. The number of alkyl carbamates (subject to hydrolysis) is 1. The van der Waals surface area contributed by atoms with Crippen LogP contribution in [-0.4, -0.2) is 93.2 Å². The maximum Gasteiger partial charge on any atom is 0.407 e. The summed E-state index contributed by atoms with van der Waals surface area (Å²) < 4.78 is 62.9. The van der Waals surface area contributed by atoms with Crippen molar-refractivity contribution in [3.8, 4) is 0 Å². The lowest BCUT2D eigenvalue weighted by Gasteiger charge is -2.52. The van der Waals surface area contributed by atoms with E-state index in [0.717, 1.165) is 63.1 Å². The molecule has 3 aromatic rings. The van der Waals surface area contributed by atoms with Crippen molar-refractivity contribution in [3.05, 3.63) is 77.9 Å². The molecule has 0 radical (unpaired) electrons. The molecule has 7 rings (SSSR count). The number of benzene rings is 2. The number of hydrogen-bond acceptors (Lipinski definition) is 8. The minimum Gasteiger partial charge on any atom is -0.453 e. The number of hydrogen-bond donors (Lipinski definition) is 2. The number of carbonyl (C=O) groups is 1. The second-order valence-corrected chi connectivity index (χ2v) is 16.5. The van der Waals surface area contributed by atoms with Crippen molar-refractivity contribution in [1.29, 1.82) is 0 Å². The van der Waals surface area contributed by atoms with Gasteiger partial charge >= 0.3 is 6.09 Å². The summed E-state index contributed by atoms with van der Waals surface area (Å²) in [7, 11) is -2.15.